The fourth-order valence-corrected chi connectivity index (χ4v) is 1.32. The molecule has 0 bridgehead atoms. The van der Waals surface area contributed by atoms with Gasteiger partial charge in [-0.3, -0.25) is 4.79 Å². The Labute approximate surface area is 123 Å². The van der Waals surface area contributed by atoms with Crippen LogP contribution in [0.4, 0.5) is 17.6 Å². The number of carbonyl (C=O) groups excluding carboxylic acids is 1. The van der Waals surface area contributed by atoms with E-state index in [2.05, 4.69) is 9.97 Å². The Kier molecular flexibility index (Phi) is 5.97. The molecule has 2 rings (SSSR count). The molecule has 22 heavy (non-hydrogen) atoms. The van der Waals surface area contributed by atoms with Gasteiger partial charge in [-0.05, 0) is 18.2 Å². The van der Waals surface area contributed by atoms with Crippen molar-refractivity contribution in [2.75, 3.05) is 0 Å². The minimum Gasteiger partial charge on any atom is -0.451 e. The number of nitrogens with zero attached hydrogens (tertiary/aromatic N) is 2. The third-order valence-corrected chi connectivity index (χ3v) is 2.20. The topological polar surface area (TPSA) is 52.1 Å². The molecule has 0 amide bonds. The molecule has 0 aliphatic carbocycles. The molecule has 0 radical (unpaired) electrons. The zero-order valence-corrected chi connectivity index (χ0v) is 11.7. The van der Waals surface area contributed by atoms with Crippen LogP contribution in [0.2, 0.25) is 0 Å². The van der Waals surface area contributed by atoms with Gasteiger partial charge in [-0.2, -0.15) is 13.2 Å². The number of aldehydes is 1. The Bertz CT molecular complexity index is 628. The molecule has 2 aromatic rings. The van der Waals surface area contributed by atoms with Gasteiger partial charge in [0.05, 0.1) is 12.4 Å². The predicted octanol–water partition coefficient (Wildman–Crippen LogP) is 4.27. The number of aromatic nitrogens is 2. The van der Waals surface area contributed by atoms with Gasteiger partial charge in [0.1, 0.15) is 6.29 Å². The van der Waals surface area contributed by atoms with E-state index < -0.39 is 17.8 Å². The second kappa shape index (κ2) is 7.48. The average molecular weight is 316 g/mol. The van der Waals surface area contributed by atoms with Crippen molar-refractivity contribution in [1.82, 2.24) is 9.97 Å². The number of hydrogen-bond donors (Lipinski definition) is 0. The maximum atomic E-state index is 13.5. The van der Waals surface area contributed by atoms with Crippen LogP contribution in [-0.4, -0.2) is 16.3 Å². The van der Waals surface area contributed by atoms with E-state index in [1.807, 2.05) is 13.8 Å². The SMILES string of the molecule is CC.O=Cc1ccc(Oc2cnc(C(F)(F)F)nc2)c(F)c1. The molecule has 0 aliphatic heterocycles. The van der Waals surface area contributed by atoms with Gasteiger partial charge in [0.25, 0.3) is 0 Å². The van der Waals surface area contributed by atoms with Crippen LogP contribution in [-0.2, 0) is 6.18 Å². The van der Waals surface area contributed by atoms with Crippen LogP contribution in [0.25, 0.3) is 0 Å². The molecule has 1 heterocycles. The van der Waals surface area contributed by atoms with Crippen LogP contribution in [0.5, 0.6) is 11.5 Å². The molecule has 0 saturated carbocycles. The molecule has 118 valence electrons. The lowest BCUT2D eigenvalue weighted by atomic mass is 10.2. The fraction of sp³-hybridized carbons (Fsp3) is 0.214. The van der Waals surface area contributed by atoms with Crippen molar-refractivity contribution in [3.05, 3.63) is 47.8 Å². The number of ether oxygens (including phenoxy) is 1. The molecule has 0 saturated heterocycles. The third-order valence-electron chi connectivity index (χ3n) is 2.20. The Balaban J connectivity index is 0.00000116. The highest BCUT2D eigenvalue weighted by Gasteiger charge is 2.34. The maximum Gasteiger partial charge on any atom is 0.451 e. The highest BCUT2D eigenvalue weighted by atomic mass is 19.4. The smallest absolute Gasteiger partial charge is 0.451 e. The summed E-state index contributed by atoms with van der Waals surface area (Å²) in [6.07, 6.45) is -2.64. The van der Waals surface area contributed by atoms with E-state index in [0.717, 1.165) is 18.5 Å². The summed E-state index contributed by atoms with van der Waals surface area (Å²) >= 11 is 0. The van der Waals surface area contributed by atoms with E-state index in [-0.39, 0.29) is 17.1 Å². The van der Waals surface area contributed by atoms with Crippen molar-refractivity contribution < 1.29 is 27.1 Å². The number of halogens is 4. The highest BCUT2D eigenvalue weighted by molar-refractivity contribution is 5.75. The van der Waals surface area contributed by atoms with Gasteiger partial charge in [-0.25, -0.2) is 14.4 Å². The van der Waals surface area contributed by atoms with Crippen LogP contribution in [0, 0.1) is 5.82 Å². The molecule has 0 spiro atoms. The lowest BCUT2D eigenvalue weighted by Crippen LogP contribution is -2.10. The van der Waals surface area contributed by atoms with E-state index in [0.29, 0.717) is 6.29 Å². The Morgan fingerprint density at radius 3 is 2.18 bits per heavy atom. The molecule has 1 aromatic carbocycles. The molecule has 0 aliphatic rings. The first kappa shape index (κ1) is 17.5. The number of alkyl halides is 3. The molecule has 0 fully saturated rings. The molecule has 1 aromatic heterocycles. The van der Waals surface area contributed by atoms with Crippen molar-refractivity contribution in [3.8, 4) is 11.5 Å². The van der Waals surface area contributed by atoms with Crippen LogP contribution < -0.4 is 4.74 Å². The summed E-state index contributed by atoms with van der Waals surface area (Å²) in [5.41, 5.74) is 0.110. The fourth-order valence-electron chi connectivity index (χ4n) is 1.32. The monoisotopic (exact) mass is 316 g/mol. The number of carbonyl (C=O) groups is 1. The van der Waals surface area contributed by atoms with Crippen LogP contribution in [0.1, 0.15) is 30.0 Å². The van der Waals surface area contributed by atoms with E-state index in [1.54, 1.807) is 0 Å². The van der Waals surface area contributed by atoms with Crippen molar-refractivity contribution in [2.45, 2.75) is 20.0 Å². The summed E-state index contributed by atoms with van der Waals surface area (Å²) < 4.78 is 55.2. The molecule has 0 unspecified atom stereocenters. The number of hydrogen-bond acceptors (Lipinski definition) is 4. The first-order valence-corrected chi connectivity index (χ1v) is 6.22. The third kappa shape index (κ3) is 4.51. The molecular formula is C14H12F4N2O2. The van der Waals surface area contributed by atoms with E-state index in [4.69, 9.17) is 4.74 Å². The molecule has 0 N–H and O–H groups in total. The standard InChI is InChI=1S/C12H6F4N2O2.C2H6/c13-9-3-7(6-19)1-2-10(9)20-8-4-17-11(18-5-8)12(14,15)16;1-2/h1-6H;1-2H3. The van der Waals surface area contributed by atoms with Crippen molar-refractivity contribution >= 4 is 6.29 Å². The lowest BCUT2D eigenvalue weighted by molar-refractivity contribution is -0.145. The van der Waals surface area contributed by atoms with Crippen molar-refractivity contribution in [2.24, 2.45) is 0 Å². The van der Waals surface area contributed by atoms with Gasteiger partial charge < -0.3 is 4.74 Å². The van der Waals surface area contributed by atoms with Gasteiger partial charge in [0.2, 0.25) is 5.82 Å². The second-order valence-electron chi connectivity index (χ2n) is 3.65. The van der Waals surface area contributed by atoms with Crippen LogP contribution in [0.15, 0.2) is 30.6 Å². The summed E-state index contributed by atoms with van der Waals surface area (Å²) in [5.74, 6) is -2.55. The second-order valence-corrected chi connectivity index (χ2v) is 3.65. The maximum absolute atomic E-state index is 13.5. The Hall–Kier alpha value is -2.51. The van der Waals surface area contributed by atoms with Gasteiger partial charge in [-0.1, -0.05) is 13.8 Å². The number of benzene rings is 1. The molecule has 0 atom stereocenters. The van der Waals surface area contributed by atoms with E-state index >= 15 is 0 Å². The van der Waals surface area contributed by atoms with Crippen molar-refractivity contribution in [1.29, 1.82) is 0 Å². The van der Waals surface area contributed by atoms with Crippen molar-refractivity contribution in [3.63, 3.8) is 0 Å². The number of rotatable bonds is 3. The predicted molar refractivity (Wildman–Crippen MR) is 70.2 cm³/mol. The van der Waals surface area contributed by atoms with Gasteiger partial charge in [-0.15, -0.1) is 0 Å². The first-order valence-electron chi connectivity index (χ1n) is 6.22. The molecular weight excluding hydrogens is 304 g/mol. The largest absolute Gasteiger partial charge is 0.451 e. The first-order chi connectivity index (χ1) is 10.4. The summed E-state index contributed by atoms with van der Waals surface area (Å²) in [7, 11) is 0. The van der Waals surface area contributed by atoms with Gasteiger partial charge >= 0.3 is 6.18 Å². The molecule has 8 heteroatoms. The quantitative estimate of drug-likeness (QED) is 0.627. The minimum atomic E-state index is -4.66. The molecule has 4 nitrogen and oxygen atoms in total. The summed E-state index contributed by atoms with van der Waals surface area (Å²) in [4.78, 5) is 16.6. The Morgan fingerprint density at radius 2 is 1.73 bits per heavy atom. The van der Waals surface area contributed by atoms with E-state index in [9.17, 15) is 22.4 Å². The average Bonchev–Trinajstić information content (AvgIpc) is 2.51. The van der Waals surface area contributed by atoms with Crippen LogP contribution in [0.3, 0.4) is 0 Å². The Morgan fingerprint density at radius 1 is 1.14 bits per heavy atom. The highest BCUT2D eigenvalue weighted by Crippen LogP contribution is 2.28. The minimum absolute atomic E-state index is 0.110. The van der Waals surface area contributed by atoms with Crippen LogP contribution >= 0.6 is 0 Å². The lowest BCUT2D eigenvalue weighted by Gasteiger charge is -2.08. The normalized spacial score (nSPS) is 10.5. The summed E-state index contributed by atoms with van der Waals surface area (Å²) in [5, 5.41) is 0. The summed E-state index contributed by atoms with van der Waals surface area (Å²) in [6.45, 7) is 4.00. The van der Waals surface area contributed by atoms with E-state index in [1.165, 1.54) is 12.1 Å². The summed E-state index contributed by atoms with van der Waals surface area (Å²) in [6, 6.07) is 3.42. The van der Waals surface area contributed by atoms with Gasteiger partial charge in [0, 0.05) is 5.56 Å². The zero-order chi connectivity index (χ0) is 16.8. The zero-order valence-electron chi connectivity index (χ0n) is 11.7. The van der Waals surface area contributed by atoms with Gasteiger partial charge in [0.15, 0.2) is 17.3 Å².